The molecule has 0 saturated carbocycles. The first-order valence-electron chi connectivity index (χ1n) is 5.72. The fourth-order valence-corrected chi connectivity index (χ4v) is 2.40. The van der Waals surface area contributed by atoms with Crippen molar-refractivity contribution in [1.82, 2.24) is 19.0 Å². The highest BCUT2D eigenvalue weighted by Crippen LogP contribution is 2.09. The summed E-state index contributed by atoms with van der Waals surface area (Å²) in [6, 6.07) is 0.331. The van der Waals surface area contributed by atoms with Crippen LogP contribution in [0.2, 0.25) is 0 Å². The van der Waals surface area contributed by atoms with Crippen LogP contribution in [-0.2, 0) is 0 Å². The van der Waals surface area contributed by atoms with Gasteiger partial charge in [-0.3, -0.25) is 4.79 Å². The molecular formula is C10H16N4O2S. The van der Waals surface area contributed by atoms with Gasteiger partial charge in [0, 0.05) is 19.1 Å². The molecule has 7 heteroatoms. The molecular weight excluding hydrogens is 240 g/mol. The first-order chi connectivity index (χ1) is 8.31. The first kappa shape index (κ1) is 12.4. The van der Waals surface area contributed by atoms with Gasteiger partial charge in [0.1, 0.15) is 0 Å². The van der Waals surface area contributed by atoms with Crippen LogP contribution in [0.25, 0.3) is 0 Å². The van der Waals surface area contributed by atoms with Gasteiger partial charge in [0.15, 0.2) is 5.69 Å². The van der Waals surface area contributed by atoms with Gasteiger partial charge in [0.2, 0.25) is 0 Å². The molecule has 1 aliphatic heterocycles. The molecule has 6 nitrogen and oxygen atoms in total. The van der Waals surface area contributed by atoms with Crippen LogP contribution in [-0.4, -0.2) is 56.9 Å². The third kappa shape index (κ3) is 3.21. The lowest BCUT2D eigenvalue weighted by Gasteiger charge is -2.24. The number of amides is 1. The van der Waals surface area contributed by atoms with Gasteiger partial charge in [-0.05, 0) is 19.4 Å². The Kier molecular flexibility index (Phi) is 4.41. The Bertz CT molecular complexity index is 351. The molecule has 1 atom stereocenters. The van der Waals surface area contributed by atoms with Crippen molar-refractivity contribution in [3.05, 3.63) is 11.9 Å². The fraction of sp³-hybridized carbons (Fsp3) is 0.700. The molecule has 0 aromatic carbocycles. The van der Waals surface area contributed by atoms with Gasteiger partial charge in [-0.2, -0.15) is 8.75 Å². The third-order valence-electron chi connectivity index (χ3n) is 2.84. The zero-order valence-corrected chi connectivity index (χ0v) is 10.3. The van der Waals surface area contributed by atoms with Crippen LogP contribution in [0.1, 0.15) is 23.3 Å². The summed E-state index contributed by atoms with van der Waals surface area (Å²) in [6.07, 6.45) is 3.69. The van der Waals surface area contributed by atoms with Crippen LogP contribution >= 0.6 is 11.7 Å². The number of hydrogen-bond donors (Lipinski definition) is 2. The van der Waals surface area contributed by atoms with Gasteiger partial charge >= 0.3 is 0 Å². The molecule has 2 N–H and O–H groups in total. The van der Waals surface area contributed by atoms with Crippen molar-refractivity contribution in [1.29, 1.82) is 0 Å². The minimum atomic E-state index is -0.151. The topological polar surface area (TPSA) is 78.4 Å². The predicted molar refractivity (Wildman–Crippen MR) is 63.9 cm³/mol. The van der Waals surface area contributed by atoms with Crippen molar-refractivity contribution >= 4 is 17.6 Å². The third-order valence-corrected chi connectivity index (χ3v) is 3.32. The minimum Gasteiger partial charge on any atom is -0.395 e. The molecule has 17 heavy (non-hydrogen) atoms. The van der Waals surface area contributed by atoms with E-state index in [1.807, 2.05) is 0 Å². The smallest absolute Gasteiger partial charge is 0.275 e. The molecule has 0 radical (unpaired) electrons. The maximum atomic E-state index is 12.1. The lowest BCUT2D eigenvalue weighted by molar-refractivity contribution is 0.0702. The summed E-state index contributed by atoms with van der Waals surface area (Å²) in [5.74, 6) is -0.151. The number of hydrogen-bond acceptors (Lipinski definition) is 6. The lowest BCUT2D eigenvalue weighted by Crippen LogP contribution is -2.42. The number of carbonyl (C=O) groups excluding carboxylic acids is 1. The van der Waals surface area contributed by atoms with E-state index in [0.29, 0.717) is 24.8 Å². The highest BCUT2D eigenvalue weighted by molar-refractivity contribution is 6.99. The van der Waals surface area contributed by atoms with Crippen molar-refractivity contribution in [2.45, 2.75) is 18.9 Å². The molecule has 1 unspecified atom stereocenters. The van der Waals surface area contributed by atoms with Crippen LogP contribution in [0, 0.1) is 0 Å². The van der Waals surface area contributed by atoms with E-state index < -0.39 is 0 Å². The molecule has 0 bridgehead atoms. The first-order valence-corrected chi connectivity index (χ1v) is 6.45. The Labute approximate surface area is 104 Å². The summed E-state index contributed by atoms with van der Waals surface area (Å²) in [6.45, 7) is 1.94. The average Bonchev–Trinajstić information content (AvgIpc) is 3.00. The number of rotatable bonds is 5. The van der Waals surface area contributed by atoms with E-state index in [4.69, 9.17) is 5.11 Å². The SMILES string of the molecule is O=C(c1cnsn1)N(CCO)CC1CCCN1. The van der Waals surface area contributed by atoms with E-state index in [2.05, 4.69) is 14.1 Å². The summed E-state index contributed by atoms with van der Waals surface area (Å²) in [7, 11) is 0. The molecule has 1 saturated heterocycles. The molecule has 1 aromatic heterocycles. The van der Waals surface area contributed by atoms with Gasteiger partial charge in [-0.15, -0.1) is 0 Å². The van der Waals surface area contributed by atoms with Crippen LogP contribution in [0.4, 0.5) is 0 Å². The molecule has 1 aliphatic rings. The highest BCUT2D eigenvalue weighted by Gasteiger charge is 2.23. The van der Waals surface area contributed by atoms with Crippen LogP contribution < -0.4 is 5.32 Å². The van der Waals surface area contributed by atoms with Gasteiger partial charge in [0.25, 0.3) is 5.91 Å². The van der Waals surface area contributed by atoms with Crippen LogP contribution in [0.15, 0.2) is 6.20 Å². The maximum Gasteiger partial charge on any atom is 0.275 e. The second kappa shape index (κ2) is 6.04. The standard InChI is InChI=1S/C10H16N4O2S/c15-5-4-14(7-8-2-1-3-11-8)10(16)9-6-12-17-13-9/h6,8,11,15H,1-5,7H2. The van der Waals surface area contributed by atoms with Crippen LogP contribution in [0.3, 0.4) is 0 Å². The Balaban J connectivity index is 1.98. The second-order valence-electron chi connectivity index (χ2n) is 4.06. The van der Waals surface area contributed by atoms with E-state index in [0.717, 1.165) is 31.1 Å². The number of carbonyl (C=O) groups is 1. The molecule has 2 heterocycles. The zero-order chi connectivity index (χ0) is 12.1. The minimum absolute atomic E-state index is 0.0317. The number of aliphatic hydroxyl groups excluding tert-OH is 1. The number of nitrogens with zero attached hydrogens (tertiary/aromatic N) is 3. The Morgan fingerprint density at radius 3 is 3.18 bits per heavy atom. The van der Waals surface area contributed by atoms with Crippen molar-refractivity contribution < 1.29 is 9.90 Å². The van der Waals surface area contributed by atoms with E-state index in [9.17, 15) is 4.79 Å². The number of aliphatic hydroxyl groups is 1. The quantitative estimate of drug-likeness (QED) is 0.758. The van der Waals surface area contributed by atoms with Gasteiger partial charge in [0.05, 0.1) is 24.5 Å². The highest BCUT2D eigenvalue weighted by atomic mass is 32.1. The molecule has 0 spiro atoms. The predicted octanol–water partition coefficient (Wildman–Crippen LogP) is -0.275. The fourth-order valence-electron chi connectivity index (χ4n) is 2.00. The van der Waals surface area contributed by atoms with Crippen LogP contribution in [0.5, 0.6) is 0 Å². The van der Waals surface area contributed by atoms with E-state index in [-0.39, 0.29) is 12.5 Å². The maximum absolute atomic E-state index is 12.1. The van der Waals surface area contributed by atoms with Crippen molar-refractivity contribution in [3.63, 3.8) is 0 Å². The number of nitrogens with one attached hydrogen (secondary N) is 1. The second-order valence-corrected chi connectivity index (χ2v) is 4.62. The lowest BCUT2D eigenvalue weighted by atomic mass is 10.2. The summed E-state index contributed by atoms with van der Waals surface area (Å²) < 4.78 is 7.75. The van der Waals surface area contributed by atoms with Gasteiger partial charge in [-0.25, -0.2) is 0 Å². The van der Waals surface area contributed by atoms with Crippen molar-refractivity contribution in [2.75, 3.05) is 26.2 Å². The monoisotopic (exact) mass is 256 g/mol. The van der Waals surface area contributed by atoms with Gasteiger partial charge < -0.3 is 15.3 Å². The molecule has 94 valence electrons. The summed E-state index contributed by atoms with van der Waals surface area (Å²) >= 11 is 1.02. The molecule has 0 aliphatic carbocycles. The summed E-state index contributed by atoms with van der Waals surface area (Å²) in [5.41, 5.74) is 0.362. The van der Waals surface area contributed by atoms with Gasteiger partial charge in [-0.1, -0.05) is 0 Å². The average molecular weight is 256 g/mol. The summed E-state index contributed by atoms with van der Waals surface area (Å²) in [5, 5.41) is 12.3. The largest absolute Gasteiger partial charge is 0.395 e. The summed E-state index contributed by atoms with van der Waals surface area (Å²) in [4.78, 5) is 13.7. The number of aromatic nitrogens is 2. The van der Waals surface area contributed by atoms with E-state index in [1.165, 1.54) is 6.20 Å². The van der Waals surface area contributed by atoms with E-state index in [1.54, 1.807) is 4.90 Å². The molecule has 1 fully saturated rings. The Morgan fingerprint density at radius 1 is 1.71 bits per heavy atom. The normalized spacial score (nSPS) is 19.5. The Hall–Kier alpha value is -1.05. The Morgan fingerprint density at radius 2 is 2.59 bits per heavy atom. The van der Waals surface area contributed by atoms with E-state index >= 15 is 0 Å². The molecule has 1 aromatic rings. The van der Waals surface area contributed by atoms with Crippen molar-refractivity contribution in [2.24, 2.45) is 0 Å². The molecule has 1 amide bonds. The zero-order valence-electron chi connectivity index (χ0n) is 9.50. The molecule has 2 rings (SSSR count). The van der Waals surface area contributed by atoms with Crippen molar-refractivity contribution in [3.8, 4) is 0 Å².